The van der Waals surface area contributed by atoms with Crippen molar-refractivity contribution in [1.29, 1.82) is 0 Å². The van der Waals surface area contributed by atoms with Gasteiger partial charge in [-0.05, 0) is 86.6 Å². The smallest absolute Gasteiger partial charge is 0.258 e. The van der Waals surface area contributed by atoms with E-state index < -0.39 is 41.4 Å². The molecule has 0 aliphatic heterocycles. The highest BCUT2D eigenvalue weighted by atomic mass is 16.5. The second-order valence-corrected chi connectivity index (χ2v) is 10.4. The fourth-order valence-electron chi connectivity index (χ4n) is 4.28. The van der Waals surface area contributed by atoms with Crippen LogP contribution in [0.3, 0.4) is 0 Å². The molecule has 2 unspecified atom stereocenters. The molecule has 0 aromatic heterocycles. The molecular formula is C35H33N7O7. The summed E-state index contributed by atoms with van der Waals surface area (Å²) < 4.78 is 10.4. The summed E-state index contributed by atoms with van der Waals surface area (Å²) in [5.41, 5.74) is 2.22. The first kappa shape index (κ1) is 35.3. The predicted molar refractivity (Wildman–Crippen MR) is 182 cm³/mol. The Labute approximate surface area is 281 Å². The number of hydrogen-bond donors (Lipinski definition) is 3. The third-order valence-electron chi connectivity index (χ3n) is 6.83. The number of anilines is 3. The average molecular weight is 664 g/mol. The van der Waals surface area contributed by atoms with Gasteiger partial charge in [-0.2, -0.15) is 20.5 Å². The van der Waals surface area contributed by atoms with E-state index in [0.717, 1.165) is 0 Å². The molecule has 0 spiro atoms. The normalized spacial score (nSPS) is 12.2. The summed E-state index contributed by atoms with van der Waals surface area (Å²) in [6.07, 6.45) is 0. The van der Waals surface area contributed by atoms with Gasteiger partial charge in [0.1, 0.15) is 11.5 Å². The Morgan fingerprint density at radius 3 is 1.37 bits per heavy atom. The Hall–Kier alpha value is -6.57. The van der Waals surface area contributed by atoms with Gasteiger partial charge in [-0.25, -0.2) is 0 Å². The molecule has 0 fully saturated rings. The van der Waals surface area contributed by atoms with Crippen molar-refractivity contribution in [2.24, 2.45) is 20.5 Å². The molecule has 4 aromatic carbocycles. The molecule has 0 aliphatic rings. The summed E-state index contributed by atoms with van der Waals surface area (Å²) in [5, 5.41) is 23.9. The van der Waals surface area contributed by atoms with Crippen molar-refractivity contribution in [3.8, 4) is 11.5 Å². The zero-order valence-corrected chi connectivity index (χ0v) is 27.0. The molecule has 14 nitrogen and oxygen atoms in total. The maximum Gasteiger partial charge on any atom is 0.258 e. The van der Waals surface area contributed by atoms with Gasteiger partial charge in [-0.15, -0.1) is 0 Å². The lowest BCUT2D eigenvalue weighted by Crippen LogP contribution is -2.31. The van der Waals surface area contributed by atoms with E-state index in [9.17, 15) is 24.0 Å². The van der Waals surface area contributed by atoms with Gasteiger partial charge in [0.15, 0.2) is 11.6 Å². The highest BCUT2D eigenvalue weighted by Gasteiger charge is 2.25. The van der Waals surface area contributed by atoms with Gasteiger partial charge in [0.05, 0.1) is 37.0 Å². The van der Waals surface area contributed by atoms with Crippen LogP contribution in [0.4, 0.5) is 28.4 Å². The van der Waals surface area contributed by atoms with Crippen LogP contribution in [-0.4, -0.2) is 55.6 Å². The van der Waals surface area contributed by atoms with Crippen LogP contribution in [0.2, 0.25) is 0 Å². The third-order valence-corrected chi connectivity index (χ3v) is 6.83. The lowest BCUT2D eigenvalue weighted by atomic mass is 10.2. The molecule has 14 heteroatoms. The minimum atomic E-state index is -1.39. The maximum absolute atomic E-state index is 12.8. The minimum absolute atomic E-state index is 0.310. The van der Waals surface area contributed by atoms with Crippen molar-refractivity contribution in [3.63, 3.8) is 0 Å². The minimum Gasteiger partial charge on any atom is -0.495 e. The summed E-state index contributed by atoms with van der Waals surface area (Å²) in [7, 11) is 2.93. The number of Topliss-reactive ketones (excluding diaryl/α,β-unsaturated/α-hetero) is 2. The van der Waals surface area contributed by atoms with Crippen LogP contribution in [0.25, 0.3) is 0 Å². The third kappa shape index (κ3) is 9.71. The van der Waals surface area contributed by atoms with Crippen molar-refractivity contribution < 1.29 is 33.4 Å². The average Bonchev–Trinajstić information content (AvgIpc) is 3.09. The number of rotatable bonds is 14. The van der Waals surface area contributed by atoms with E-state index in [2.05, 4.69) is 36.4 Å². The van der Waals surface area contributed by atoms with Gasteiger partial charge >= 0.3 is 0 Å². The Kier molecular flexibility index (Phi) is 12.1. The van der Waals surface area contributed by atoms with Gasteiger partial charge in [-0.1, -0.05) is 24.3 Å². The molecule has 0 heterocycles. The number of ketones is 2. The van der Waals surface area contributed by atoms with E-state index in [4.69, 9.17) is 9.47 Å². The molecule has 0 aliphatic carbocycles. The topological polar surface area (TPSA) is 189 Å². The first-order chi connectivity index (χ1) is 23.6. The number of carbonyl (C=O) groups excluding carboxylic acids is 5. The summed E-state index contributed by atoms with van der Waals surface area (Å²) in [4.78, 5) is 62.6. The second kappa shape index (κ2) is 16.8. The van der Waals surface area contributed by atoms with Crippen LogP contribution >= 0.6 is 0 Å². The number of benzene rings is 4. The van der Waals surface area contributed by atoms with Crippen LogP contribution in [0.1, 0.15) is 24.2 Å². The second-order valence-electron chi connectivity index (χ2n) is 10.4. The number of carbonyl (C=O) groups is 5. The lowest BCUT2D eigenvalue weighted by molar-refractivity contribution is -0.127. The molecule has 0 bridgehead atoms. The zero-order chi connectivity index (χ0) is 35.3. The number of hydrogen-bond acceptors (Lipinski definition) is 11. The van der Waals surface area contributed by atoms with Gasteiger partial charge < -0.3 is 25.4 Å². The number of methoxy groups -OCH3 is 2. The first-order valence-corrected chi connectivity index (χ1v) is 14.8. The Balaban J connectivity index is 1.35. The summed E-state index contributed by atoms with van der Waals surface area (Å²) >= 11 is 0. The monoisotopic (exact) mass is 663 g/mol. The molecule has 2 atom stereocenters. The largest absolute Gasteiger partial charge is 0.495 e. The molecular weight excluding hydrogens is 630 g/mol. The van der Waals surface area contributed by atoms with Crippen LogP contribution < -0.4 is 25.4 Å². The molecule has 3 amide bonds. The summed E-state index contributed by atoms with van der Waals surface area (Å²) in [5.74, 6) is -1.90. The van der Waals surface area contributed by atoms with Crippen molar-refractivity contribution in [2.45, 2.75) is 25.9 Å². The van der Waals surface area contributed by atoms with E-state index in [-0.39, 0.29) is 0 Å². The van der Waals surface area contributed by atoms with E-state index >= 15 is 0 Å². The highest BCUT2D eigenvalue weighted by molar-refractivity contribution is 6.11. The molecule has 49 heavy (non-hydrogen) atoms. The molecule has 250 valence electrons. The zero-order valence-electron chi connectivity index (χ0n) is 27.0. The number of nitrogens with one attached hydrogen (secondary N) is 3. The molecule has 0 saturated carbocycles. The van der Waals surface area contributed by atoms with Gasteiger partial charge in [0, 0.05) is 11.3 Å². The van der Waals surface area contributed by atoms with Crippen molar-refractivity contribution in [2.75, 3.05) is 30.2 Å². The first-order valence-electron chi connectivity index (χ1n) is 14.8. The van der Waals surface area contributed by atoms with E-state index in [1.54, 1.807) is 72.8 Å². The fraction of sp³-hybridized carbons (Fsp3) is 0.171. The van der Waals surface area contributed by atoms with E-state index in [0.29, 0.717) is 45.5 Å². The van der Waals surface area contributed by atoms with Crippen molar-refractivity contribution >= 4 is 57.7 Å². The maximum atomic E-state index is 12.8. The number of amides is 3. The predicted octanol–water partition coefficient (Wildman–Crippen LogP) is 6.32. The number of nitrogens with zero attached hydrogens (tertiary/aromatic N) is 4. The molecule has 4 aromatic rings. The van der Waals surface area contributed by atoms with Crippen LogP contribution in [0, 0.1) is 0 Å². The summed E-state index contributed by atoms with van der Waals surface area (Å²) in [6.45, 7) is 2.48. The van der Waals surface area contributed by atoms with E-state index in [1.807, 2.05) is 0 Å². The highest BCUT2D eigenvalue weighted by Crippen LogP contribution is 2.25. The lowest BCUT2D eigenvalue weighted by Gasteiger charge is -2.12. The number of azo groups is 2. The van der Waals surface area contributed by atoms with E-state index in [1.165, 1.54) is 52.3 Å². The standard InChI is InChI=1S/C35H33N7O7/c1-21(43)31(34(46)37-27-9-5-7-11-29(27)48-3)41-39-25-15-13-23(14-16-25)33(45)36-24-17-19-26(20-18-24)40-42-32(22(2)44)35(47)38-28-10-6-8-12-30(28)49-4/h5-20,31-32H,1-4H3,(H,36,45)(H,37,46)(H,38,47). The van der Waals surface area contributed by atoms with Crippen molar-refractivity contribution in [1.82, 2.24) is 0 Å². The van der Waals surface area contributed by atoms with Crippen LogP contribution in [-0.2, 0) is 19.2 Å². The van der Waals surface area contributed by atoms with Crippen LogP contribution in [0.15, 0.2) is 118 Å². The molecule has 3 N–H and O–H groups in total. The Morgan fingerprint density at radius 2 is 0.959 bits per heavy atom. The SMILES string of the molecule is COc1ccccc1NC(=O)C(N=Nc1ccc(NC(=O)c2ccc(N=NC(C(C)=O)C(=O)Nc3ccccc3OC)cc2)cc1)C(C)=O. The fourth-order valence-corrected chi connectivity index (χ4v) is 4.28. The Bertz CT molecular complexity index is 1890. The quantitative estimate of drug-likeness (QED) is 0.104. The number of para-hydroxylation sites is 4. The van der Waals surface area contributed by atoms with Crippen LogP contribution in [0.5, 0.6) is 11.5 Å². The molecule has 0 saturated heterocycles. The number of ether oxygens (including phenoxy) is 2. The van der Waals surface area contributed by atoms with Gasteiger partial charge in [0.2, 0.25) is 12.1 Å². The van der Waals surface area contributed by atoms with Crippen molar-refractivity contribution in [3.05, 3.63) is 103 Å². The molecule has 4 rings (SSSR count). The van der Waals surface area contributed by atoms with Gasteiger partial charge in [-0.3, -0.25) is 24.0 Å². The summed E-state index contributed by atoms with van der Waals surface area (Å²) in [6, 6.07) is 23.1. The van der Waals surface area contributed by atoms with Gasteiger partial charge in [0.25, 0.3) is 17.7 Å². The Morgan fingerprint density at radius 1 is 0.551 bits per heavy atom. The molecule has 0 radical (unpaired) electrons.